The van der Waals surface area contributed by atoms with Crippen molar-refractivity contribution < 1.29 is 9.66 Å². The number of hydrogen-bond donors (Lipinski definition) is 1. The second kappa shape index (κ2) is 5.92. The molecule has 8 heteroatoms. The fourth-order valence-corrected chi connectivity index (χ4v) is 1.82. The van der Waals surface area contributed by atoms with Crippen LogP contribution in [-0.2, 0) is 6.54 Å². The summed E-state index contributed by atoms with van der Waals surface area (Å²) in [6, 6.07) is 7.79. The summed E-state index contributed by atoms with van der Waals surface area (Å²) >= 11 is 0. The number of non-ortho nitro benzene ring substituents is 1. The van der Waals surface area contributed by atoms with Crippen LogP contribution >= 0.6 is 0 Å². The van der Waals surface area contributed by atoms with Crippen LogP contribution in [0.15, 0.2) is 24.3 Å². The molecule has 2 aromatic rings. The van der Waals surface area contributed by atoms with Crippen LogP contribution in [-0.4, -0.2) is 21.3 Å². The van der Waals surface area contributed by atoms with Gasteiger partial charge in [-0.15, -0.1) is 0 Å². The molecular weight excluding hydrogens is 274 g/mol. The Bertz CT molecular complexity index is 700. The normalized spacial score (nSPS) is 10.1. The predicted octanol–water partition coefficient (Wildman–Crippen LogP) is 1.63. The van der Waals surface area contributed by atoms with Gasteiger partial charge in [-0.1, -0.05) is 0 Å². The number of anilines is 1. The molecule has 0 amide bonds. The van der Waals surface area contributed by atoms with E-state index in [0.717, 1.165) is 0 Å². The molecule has 8 nitrogen and oxygen atoms in total. The second-order valence-corrected chi connectivity index (χ2v) is 4.28. The van der Waals surface area contributed by atoms with Gasteiger partial charge in [-0.05, 0) is 19.1 Å². The van der Waals surface area contributed by atoms with Crippen LogP contribution in [0.5, 0.6) is 5.75 Å². The maximum absolute atomic E-state index is 10.5. The van der Waals surface area contributed by atoms with Crippen LogP contribution in [0.4, 0.5) is 11.5 Å². The van der Waals surface area contributed by atoms with Crippen molar-refractivity contribution in [2.45, 2.75) is 13.5 Å². The fraction of sp³-hybridized carbons (Fsp3) is 0.231. The Labute approximate surface area is 120 Å². The molecule has 0 aliphatic carbocycles. The van der Waals surface area contributed by atoms with E-state index < -0.39 is 4.92 Å². The molecule has 0 bridgehead atoms. The number of nitrogens with two attached hydrogens (primary N) is 1. The van der Waals surface area contributed by atoms with Crippen molar-refractivity contribution >= 4 is 11.5 Å². The van der Waals surface area contributed by atoms with Crippen LogP contribution < -0.4 is 10.5 Å². The van der Waals surface area contributed by atoms with Gasteiger partial charge >= 0.3 is 0 Å². The maximum atomic E-state index is 10.5. The Morgan fingerprint density at radius 3 is 2.67 bits per heavy atom. The first-order valence-corrected chi connectivity index (χ1v) is 6.13. The number of nitro groups is 1. The van der Waals surface area contributed by atoms with E-state index >= 15 is 0 Å². The summed E-state index contributed by atoms with van der Waals surface area (Å²) in [6.45, 7) is 2.38. The van der Waals surface area contributed by atoms with Crippen molar-refractivity contribution in [1.29, 1.82) is 5.26 Å². The first-order valence-electron chi connectivity index (χ1n) is 6.13. The van der Waals surface area contributed by atoms with E-state index in [1.165, 1.54) is 28.9 Å². The molecule has 0 saturated carbocycles. The van der Waals surface area contributed by atoms with E-state index in [-0.39, 0.29) is 12.3 Å². The third-order valence-corrected chi connectivity index (χ3v) is 2.90. The SMILES string of the molecule is Cc1nn(CCOc2ccc([N+](=O)[O-])cc2)c(N)c1C#N. The van der Waals surface area contributed by atoms with Gasteiger partial charge in [0, 0.05) is 12.1 Å². The minimum Gasteiger partial charge on any atom is -0.492 e. The van der Waals surface area contributed by atoms with E-state index in [2.05, 4.69) is 5.10 Å². The second-order valence-electron chi connectivity index (χ2n) is 4.28. The molecule has 2 N–H and O–H groups in total. The number of benzene rings is 1. The zero-order valence-electron chi connectivity index (χ0n) is 11.3. The summed E-state index contributed by atoms with van der Waals surface area (Å²) in [4.78, 5) is 10.1. The van der Waals surface area contributed by atoms with E-state index in [0.29, 0.717) is 29.4 Å². The van der Waals surface area contributed by atoms with Crippen LogP contribution in [0.3, 0.4) is 0 Å². The van der Waals surface area contributed by atoms with Gasteiger partial charge in [0.2, 0.25) is 0 Å². The molecule has 0 unspecified atom stereocenters. The van der Waals surface area contributed by atoms with Crippen LogP contribution in [0.1, 0.15) is 11.3 Å². The molecular formula is C13H13N5O3. The standard InChI is InChI=1S/C13H13N5O3/c1-9-12(8-14)13(15)17(16-9)6-7-21-11-4-2-10(3-5-11)18(19)20/h2-5H,6-7,15H2,1H3. The first-order chi connectivity index (χ1) is 10.0. The Morgan fingerprint density at radius 2 is 2.14 bits per heavy atom. The molecule has 1 aromatic heterocycles. The quantitative estimate of drug-likeness (QED) is 0.659. The zero-order chi connectivity index (χ0) is 15.4. The van der Waals surface area contributed by atoms with Crippen molar-refractivity contribution in [2.75, 3.05) is 12.3 Å². The molecule has 0 atom stereocenters. The van der Waals surface area contributed by atoms with Crippen molar-refractivity contribution in [3.05, 3.63) is 45.6 Å². The number of rotatable bonds is 5. The van der Waals surface area contributed by atoms with Gasteiger partial charge in [-0.25, -0.2) is 4.68 Å². The number of nitriles is 1. The lowest BCUT2D eigenvalue weighted by atomic mass is 10.3. The van der Waals surface area contributed by atoms with Gasteiger partial charge in [-0.2, -0.15) is 10.4 Å². The number of nitro benzene ring substituents is 1. The molecule has 1 heterocycles. The highest BCUT2D eigenvalue weighted by Gasteiger charge is 2.11. The minimum absolute atomic E-state index is 0.00737. The maximum Gasteiger partial charge on any atom is 0.269 e. The monoisotopic (exact) mass is 287 g/mol. The lowest BCUT2D eigenvalue weighted by Gasteiger charge is -2.07. The number of nitrogen functional groups attached to an aromatic ring is 1. The summed E-state index contributed by atoms with van der Waals surface area (Å²) in [5, 5.41) is 23.6. The number of nitrogens with zero attached hydrogens (tertiary/aromatic N) is 4. The van der Waals surface area contributed by atoms with E-state index in [4.69, 9.17) is 15.7 Å². The average Bonchev–Trinajstić information content (AvgIpc) is 2.73. The topological polar surface area (TPSA) is 120 Å². The lowest BCUT2D eigenvalue weighted by molar-refractivity contribution is -0.384. The van der Waals surface area contributed by atoms with Crippen molar-refractivity contribution in [3.63, 3.8) is 0 Å². The van der Waals surface area contributed by atoms with Gasteiger partial charge in [0.25, 0.3) is 5.69 Å². The Hall–Kier alpha value is -3.08. The van der Waals surface area contributed by atoms with Gasteiger partial charge in [0.05, 0.1) is 17.2 Å². The Balaban J connectivity index is 1.96. The number of aromatic nitrogens is 2. The molecule has 21 heavy (non-hydrogen) atoms. The molecule has 0 aliphatic rings. The highest BCUT2D eigenvalue weighted by Crippen LogP contribution is 2.18. The first kappa shape index (κ1) is 14.3. The van der Waals surface area contributed by atoms with Crippen LogP contribution in [0, 0.1) is 28.4 Å². The van der Waals surface area contributed by atoms with Crippen molar-refractivity contribution in [2.24, 2.45) is 0 Å². The Kier molecular flexibility index (Phi) is 4.04. The summed E-state index contributed by atoms with van der Waals surface area (Å²) in [5.74, 6) is 0.825. The van der Waals surface area contributed by atoms with Crippen LogP contribution in [0.2, 0.25) is 0 Å². The third kappa shape index (κ3) is 3.09. The summed E-state index contributed by atoms with van der Waals surface area (Å²) in [6.07, 6.45) is 0. The van der Waals surface area contributed by atoms with Gasteiger partial charge < -0.3 is 10.5 Å². The van der Waals surface area contributed by atoms with Crippen molar-refractivity contribution in [1.82, 2.24) is 9.78 Å². The van der Waals surface area contributed by atoms with E-state index in [1.54, 1.807) is 6.92 Å². The number of aryl methyl sites for hydroxylation is 1. The molecule has 0 radical (unpaired) electrons. The molecule has 0 spiro atoms. The van der Waals surface area contributed by atoms with Crippen molar-refractivity contribution in [3.8, 4) is 11.8 Å². The molecule has 0 saturated heterocycles. The van der Waals surface area contributed by atoms with Gasteiger partial charge in [0.15, 0.2) is 0 Å². The minimum atomic E-state index is -0.472. The smallest absolute Gasteiger partial charge is 0.269 e. The molecule has 1 aromatic carbocycles. The molecule has 108 valence electrons. The van der Waals surface area contributed by atoms with E-state index in [1.807, 2.05) is 6.07 Å². The average molecular weight is 287 g/mol. The third-order valence-electron chi connectivity index (χ3n) is 2.90. The zero-order valence-corrected chi connectivity index (χ0v) is 11.3. The molecule has 0 fully saturated rings. The van der Waals surface area contributed by atoms with Crippen LogP contribution in [0.25, 0.3) is 0 Å². The summed E-state index contributed by atoms with van der Waals surface area (Å²) in [7, 11) is 0. The van der Waals surface area contributed by atoms with Gasteiger partial charge in [0.1, 0.15) is 29.8 Å². The summed E-state index contributed by atoms with van der Waals surface area (Å²) in [5.41, 5.74) is 6.74. The fourth-order valence-electron chi connectivity index (χ4n) is 1.82. The molecule has 2 rings (SSSR count). The summed E-state index contributed by atoms with van der Waals surface area (Å²) < 4.78 is 6.96. The largest absolute Gasteiger partial charge is 0.492 e. The Morgan fingerprint density at radius 1 is 1.48 bits per heavy atom. The lowest BCUT2D eigenvalue weighted by Crippen LogP contribution is -2.12. The highest BCUT2D eigenvalue weighted by molar-refractivity contribution is 5.51. The highest BCUT2D eigenvalue weighted by atomic mass is 16.6. The van der Waals surface area contributed by atoms with E-state index in [9.17, 15) is 10.1 Å². The number of ether oxygens (including phenoxy) is 1. The molecule has 0 aliphatic heterocycles. The number of hydrogen-bond acceptors (Lipinski definition) is 6. The van der Waals surface area contributed by atoms with Gasteiger partial charge in [-0.3, -0.25) is 10.1 Å². The predicted molar refractivity (Wildman–Crippen MR) is 74.7 cm³/mol.